The van der Waals surface area contributed by atoms with Crippen LogP contribution in [0.4, 0.5) is 5.69 Å². The third-order valence-electron chi connectivity index (χ3n) is 3.20. The summed E-state index contributed by atoms with van der Waals surface area (Å²) in [5, 5.41) is 4.12. The SMILES string of the molecule is CCN(Cc1cnn(C)c1)C(=O)Cc1ccc(N)cc1. The lowest BCUT2D eigenvalue weighted by Crippen LogP contribution is -2.31. The molecule has 0 atom stereocenters. The van der Waals surface area contributed by atoms with Crippen molar-refractivity contribution in [1.82, 2.24) is 14.7 Å². The smallest absolute Gasteiger partial charge is 0.227 e. The van der Waals surface area contributed by atoms with Crippen molar-refractivity contribution in [2.24, 2.45) is 7.05 Å². The Bertz CT molecular complexity index is 574. The van der Waals surface area contributed by atoms with Crippen molar-refractivity contribution < 1.29 is 4.79 Å². The second-order valence-corrected chi connectivity index (χ2v) is 4.85. The van der Waals surface area contributed by atoms with Crippen molar-refractivity contribution >= 4 is 11.6 Å². The normalized spacial score (nSPS) is 10.5. The first-order chi connectivity index (χ1) is 9.58. The Morgan fingerprint density at radius 3 is 2.55 bits per heavy atom. The van der Waals surface area contributed by atoms with E-state index >= 15 is 0 Å². The molecule has 0 aliphatic heterocycles. The third-order valence-corrected chi connectivity index (χ3v) is 3.20. The Morgan fingerprint density at radius 1 is 1.30 bits per heavy atom. The number of carbonyl (C=O) groups is 1. The molecule has 0 aliphatic rings. The van der Waals surface area contributed by atoms with Gasteiger partial charge in [-0.25, -0.2) is 0 Å². The molecule has 0 aliphatic carbocycles. The molecule has 2 aromatic rings. The quantitative estimate of drug-likeness (QED) is 0.841. The maximum absolute atomic E-state index is 12.3. The van der Waals surface area contributed by atoms with Gasteiger partial charge in [0.25, 0.3) is 0 Å². The number of benzene rings is 1. The van der Waals surface area contributed by atoms with Gasteiger partial charge in [0, 0.05) is 37.6 Å². The molecule has 2 N–H and O–H groups in total. The molecule has 1 aromatic carbocycles. The molecule has 1 heterocycles. The number of nitrogen functional groups attached to an aromatic ring is 1. The first-order valence-electron chi connectivity index (χ1n) is 6.68. The van der Waals surface area contributed by atoms with E-state index in [1.54, 1.807) is 10.9 Å². The molecule has 0 radical (unpaired) electrons. The van der Waals surface area contributed by atoms with Crippen LogP contribution in [0.15, 0.2) is 36.7 Å². The summed E-state index contributed by atoms with van der Waals surface area (Å²) in [4.78, 5) is 14.1. The number of anilines is 1. The van der Waals surface area contributed by atoms with Crippen molar-refractivity contribution in [3.8, 4) is 0 Å². The standard InChI is InChI=1S/C15H20N4O/c1-3-19(11-13-9-17-18(2)10-13)15(20)8-12-4-6-14(16)7-5-12/h4-7,9-10H,3,8,11,16H2,1-2H3. The monoisotopic (exact) mass is 272 g/mol. The number of nitrogens with two attached hydrogens (primary N) is 1. The molecule has 0 fully saturated rings. The maximum Gasteiger partial charge on any atom is 0.227 e. The second-order valence-electron chi connectivity index (χ2n) is 4.85. The minimum absolute atomic E-state index is 0.112. The summed E-state index contributed by atoms with van der Waals surface area (Å²) in [7, 11) is 1.87. The van der Waals surface area contributed by atoms with Crippen LogP contribution in [-0.2, 0) is 24.8 Å². The predicted molar refractivity (Wildman–Crippen MR) is 78.9 cm³/mol. The Hall–Kier alpha value is -2.30. The average molecular weight is 272 g/mol. The van der Waals surface area contributed by atoms with Crippen LogP contribution in [0.5, 0.6) is 0 Å². The molecule has 0 saturated carbocycles. The highest BCUT2D eigenvalue weighted by molar-refractivity contribution is 5.78. The van der Waals surface area contributed by atoms with Crippen molar-refractivity contribution in [2.45, 2.75) is 19.9 Å². The Morgan fingerprint density at radius 2 is 2.00 bits per heavy atom. The number of aryl methyl sites for hydroxylation is 1. The number of rotatable bonds is 5. The fraction of sp³-hybridized carbons (Fsp3) is 0.333. The van der Waals surface area contributed by atoms with Crippen LogP contribution in [0.25, 0.3) is 0 Å². The molecule has 5 heteroatoms. The zero-order valence-electron chi connectivity index (χ0n) is 11.9. The highest BCUT2D eigenvalue weighted by Crippen LogP contribution is 2.10. The summed E-state index contributed by atoms with van der Waals surface area (Å²) in [6.07, 6.45) is 4.12. The molecule has 0 bridgehead atoms. The number of hydrogen-bond donors (Lipinski definition) is 1. The van der Waals surface area contributed by atoms with Gasteiger partial charge in [0.1, 0.15) is 0 Å². The van der Waals surface area contributed by atoms with E-state index in [1.165, 1.54) is 0 Å². The molecule has 0 spiro atoms. The van der Waals surface area contributed by atoms with E-state index < -0.39 is 0 Å². The number of likely N-dealkylation sites (N-methyl/N-ethyl adjacent to an activating group) is 1. The molecule has 0 unspecified atom stereocenters. The van der Waals surface area contributed by atoms with E-state index in [0.29, 0.717) is 25.2 Å². The van der Waals surface area contributed by atoms with Crippen LogP contribution >= 0.6 is 0 Å². The van der Waals surface area contributed by atoms with Gasteiger partial charge in [-0.05, 0) is 24.6 Å². The van der Waals surface area contributed by atoms with Crippen molar-refractivity contribution in [3.05, 3.63) is 47.8 Å². The summed E-state index contributed by atoms with van der Waals surface area (Å²) in [5.74, 6) is 0.112. The second kappa shape index (κ2) is 6.23. The molecule has 0 saturated heterocycles. The summed E-state index contributed by atoms with van der Waals surface area (Å²) >= 11 is 0. The lowest BCUT2D eigenvalue weighted by atomic mass is 10.1. The number of aromatic nitrogens is 2. The topological polar surface area (TPSA) is 64.2 Å². The van der Waals surface area contributed by atoms with Gasteiger partial charge in [-0.1, -0.05) is 12.1 Å². The average Bonchev–Trinajstić information content (AvgIpc) is 2.84. The summed E-state index contributed by atoms with van der Waals surface area (Å²) in [6.45, 7) is 3.26. The molecule has 106 valence electrons. The number of hydrogen-bond acceptors (Lipinski definition) is 3. The summed E-state index contributed by atoms with van der Waals surface area (Å²) < 4.78 is 1.74. The molecular formula is C15H20N4O. The minimum Gasteiger partial charge on any atom is -0.399 e. The fourth-order valence-corrected chi connectivity index (χ4v) is 2.07. The molecule has 2 rings (SSSR count). The van der Waals surface area contributed by atoms with Crippen molar-refractivity contribution in [3.63, 3.8) is 0 Å². The number of nitrogens with zero attached hydrogens (tertiary/aromatic N) is 3. The van der Waals surface area contributed by atoms with Gasteiger partial charge < -0.3 is 10.6 Å². The number of amides is 1. The zero-order valence-corrected chi connectivity index (χ0v) is 11.9. The lowest BCUT2D eigenvalue weighted by molar-refractivity contribution is -0.130. The Balaban J connectivity index is 2.00. The zero-order chi connectivity index (χ0) is 14.5. The Labute approximate surface area is 119 Å². The van der Waals surface area contributed by atoms with E-state index in [2.05, 4.69) is 5.10 Å². The van der Waals surface area contributed by atoms with Gasteiger partial charge in [0.15, 0.2) is 0 Å². The van der Waals surface area contributed by atoms with Gasteiger partial charge in [-0.2, -0.15) is 5.10 Å². The van der Waals surface area contributed by atoms with Crippen LogP contribution in [0.2, 0.25) is 0 Å². The van der Waals surface area contributed by atoms with Crippen LogP contribution in [0.3, 0.4) is 0 Å². The van der Waals surface area contributed by atoms with E-state index in [0.717, 1.165) is 11.1 Å². The van der Waals surface area contributed by atoms with E-state index in [1.807, 2.05) is 49.3 Å². The summed E-state index contributed by atoms with van der Waals surface area (Å²) in [6, 6.07) is 7.43. The van der Waals surface area contributed by atoms with E-state index in [-0.39, 0.29) is 5.91 Å². The van der Waals surface area contributed by atoms with Gasteiger partial charge in [0.05, 0.1) is 12.6 Å². The van der Waals surface area contributed by atoms with E-state index in [9.17, 15) is 4.79 Å². The largest absolute Gasteiger partial charge is 0.399 e. The van der Waals surface area contributed by atoms with Gasteiger partial charge in [0.2, 0.25) is 5.91 Å². The predicted octanol–water partition coefficient (Wildman–Crippen LogP) is 1.59. The van der Waals surface area contributed by atoms with Crippen molar-refractivity contribution in [2.75, 3.05) is 12.3 Å². The molecule has 1 aromatic heterocycles. The van der Waals surface area contributed by atoms with Crippen molar-refractivity contribution in [1.29, 1.82) is 0 Å². The van der Waals surface area contributed by atoms with Crippen LogP contribution in [0.1, 0.15) is 18.1 Å². The molecule has 20 heavy (non-hydrogen) atoms. The summed E-state index contributed by atoms with van der Waals surface area (Å²) in [5.41, 5.74) is 8.38. The first kappa shape index (κ1) is 14.1. The molecule has 5 nitrogen and oxygen atoms in total. The van der Waals surface area contributed by atoms with Gasteiger partial charge in [-0.15, -0.1) is 0 Å². The Kier molecular flexibility index (Phi) is 4.40. The maximum atomic E-state index is 12.3. The molecular weight excluding hydrogens is 252 g/mol. The van der Waals surface area contributed by atoms with E-state index in [4.69, 9.17) is 5.73 Å². The van der Waals surface area contributed by atoms with Crippen LogP contribution in [-0.4, -0.2) is 27.1 Å². The molecule has 1 amide bonds. The first-order valence-corrected chi connectivity index (χ1v) is 6.68. The van der Waals surface area contributed by atoms with Crippen LogP contribution < -0.4 is 5.73 Å². The highest BCUT2D eigenvalue weighted by Gasteiger charge is 2.13. The van der Waals surface area contributed by atoms with Gasteiger partial charge in [-0.3, -0.25) is 9.48 Å². The van der Waals surface area contributed by atoms with Gasteiger partial charge >= 0.3 is 0 Å². The van der Waals surface area contributed by atoms with Crippen LogP contribution in [0, 0.1) is 0 Å². The number of carbonyl (C=O) groups excluding carboxylic acids is 1. The highest BCUT2D eigenvalue weighted by atomic mass is 16.2. The minimum atomic E-state index is 0.112. The lowest BCUT2D eigenvalue weighted by Gasteiger charge is -2.20. The third kappa shape index (κ3) is 3.60. The fourth-order valence-electron chi connectivity index (χ4n) is 2.07.